The van der Waals surface area contributed by atoms with E-state index >= 15 is 0 Å². The third-order valence-electron chi connectivity index (χ3n) is 5.96. The van der Waals surface area contributed by atoms with Crippen molar-refractivity contribution >= 4 is 28.4 Å². The lowest BCUT2D eigenvalue weighted by Crippen LogP contribution is -2.25. The average molecular weight is 446 g/mol. The first-order chi connectivity index (χ1) is 15.6. The molecule has 164 valence electrons. The molecule has 0 fully saturated rings. The van der Waals surface area contributed by atoms with Crippen LogP contribution in [0.4, 0.5) is 0 Å². The van der Waals surface area contributed by atoms with Crippen LogP contribution in [0.3, 0.4) is 0 Å². The summed E-state index contributed by atoms with van der Waals surface area (Å²) in [5.74, 6) is -0.0712. The Morgan fingerprint density at radius 2 is 1.88 bits per heavy atom. The molecule has 0 radical (unpaired) electrons. The number of hydrogen-bond acceptors (Lipinski definition) is 2. The molecule has 0 saturated carbocycles. The molecule has 1 atom stereocenters. The molecule has 0 saturated heterocycles. The van der Waals surface area contributed by atoms with Gasteiger partial charge < -0.3 is 9.88 Å². The van der Waals surface area contributed by atoms with Crippen LogP contribution in [0.25, 0.3) is 10.9 Å². The largest absolute Gasteiger partial charge is 0.350 e. The fraction of sp³-hybridized carbons (Fsp3) is 0.259. The van der Waals surface area contributed by atoms with Crippen molar-refractivity contribution in [3.8, 4) is 0 Å². The molecule has 32 heavy (non-hydrogen) atoms. The second-order valence-corrected chi connectivity index (χ2v) is 8.38. The van der Waals surface area contributed by atoms with Gasteiger partial charge in [-0.05, 0) is 54.3 Å². The number of fused-ring (bicyclic) bond motifs is 1. The Morgan fingerprint density at radius 3 is 2.56 bits per heavy atom. The summed E-state index contributed by atoms with van der Waals surface area (Å²) in [5.41, 5.74) is 5.69. The van der Waals surface area contributed by atoms with Gasteiger partial charge in [-0.15, -0.1) is 0 Å². The highest BCUT2D eigenvalue weighted by atomic mass is 35.5. The highest BCUT2D eigenvalue weighted by molar-refractivity contribution is 6.30. The van der Waals surface area contributed by atoms with Crippen LogP contribution < -0.4 is 5.32 Å². The molecule has 0 aliphatic carbocycles. The van der Waals surface area contributed by atoms with Crippen LogP contribution in [-0.4, -0.2) is 15.5 Å². The van der Waals surface area contributed by atoms with Gasteiger partial charge in [0.2, 0.25) is 5.91 Å². The maximum atomic E-state index is 13.0. The van der Waals surface area contributed by atoms with Gasteiger partial charge in [-0.1, -0.05) is 54.9 Å². The number of halogens is 1. The van der Waals surface area contributed by atoms with Gasteiger partial charge in [0.15, 0.2) is 0 Å². The van der Waals surface area contributed by atoms with Crippen molar-refractivity contribution in [2.75, 3.05) is 0 Å². The third-order valence-corrected chi connectivity index (χ3v) is 6.22. The van der Waals surface area contributed by atoms with Gasteiger partial charge in [0.25, 0.3) is 0 Å². The van der Waals surface area contributed by atoms with Crippen molar-refractivity contribution in [3.05, 3.63) is 100 Å². The Bertz CT molecular complexity index is 1200. The molecule has 0 aliphatic heterocycles. The fourth-order valence-corrected chi connectivity index (χ4v) is 4.46. The highest BCUT2D eigenvalue weighted by Gasteiger charge is 2.23. The smallest absolute Gasteiger partial charge is 0.221 e. The summed E-state index contributed by atoms with van der Waals surface area (Å²) in [5, 5.41) is 4.94. The number of hydrogen-bond donors (Lipinski definition) is 1. The zero-order valence-corrected chi connectivity index (χ0v) is 19.3. The molecule has 0 bridgehead atoms. The molecule has 4 rings (SSSR count). The standard InChI is InChI=1S/C27H28ClN3O/c1-3-19-8-7-10-23-25(18-31(4-2)27(19)23)24(20-11-13-21(28)14-12-20)16-26(32)30-17-22-9-5-6-15-29-22/h5-15,18,24H,3-4,16-17H2,1-2H3,(H,30,32). The van der Waals surface area contributed by atoms with Crippen LogP contribution >= 0.6 is 11.6 Å². The van der Waals surface area contributed by atoms with E-state index in [1.54, 1.807) is 6.20 Å². The number of para-hydroxylation sites is 1. The highest BCUT2D eigenvalue weighted by Crippen LogP contribution is 2.36. The second-order valence-electron chi connectivity index (χ2n) is 7.94. The SMILES string of the molecule is CCc1cccc2c(C(CC(=O)NCc3ccccn3)c3ccc(Cl)cc3)cn(CC)c12. The van der Waals surface area contributed by atoms with Gasteiger partial charge in [-0.25, -0.2) is 0 Å². The Labute approximate surface area is 194 Å². The molecule has 5 heteroatoms. The summed E-state index contributed by atoms with van der Waals surface area (Å²) in [6, 6.07) is 20.0. The first-order valence-corrected chi connectivity index (χ1v) is 11.5. The van der Waals surface area contributed by atoms with E-state index in [0.29, 0.717) is 18.0 Å². The molecular weight excluding hydrogens is 418 g/mol. The molecule has 0 spiro atoms. The number of rotatable bonds is 8. The van der Waals surface area contributed by atoms with Crippen LogP contribution in [0.1, 0.15) is 48.6 Å². The lowest BCUT2D eigenvalue weighted by molar-refractivity contribution is -0.121. The van der Waals surface area contributed by atoms with E-state index in [9.17, 15) is 4.79 Å². The van der Waals surface area contributed by atoms with Crippen molar-refractivity contribution < 1.29 is 4.79 Å². The minimum atomic E-state index is -0.0709. The van der Waals surface area contributed by atoms with Gasteiger partial charge in [-0.2, -0.15) is 0 Å². The van der Waals surface area contributed by atoms with Crippen molar-refractivity contribution in [1.82, 2.24) is 14.9 Å². The van der Waals surface area contributed by atoms with Crippen molar-refractivity contribution in [2.24, 2.45) is 0 Å². The zero-order valence-electron chi connectivity index (χ0n) is 18.5. The normalized spacial score (nSPS) is 12.1. The van der Waals surface area contributed by atoms with Crippen LogP contribution in [0, 0.1) is 0 Å². The lowest BCUT2D eigenvalue weighted by atomic mass is 9.87. The van der Waals surface area contributed by atoms with Crippen molar-refractivity contribution in [2.45, 2.75) is 45.7 Å². The van der Waals surface area contributed by atoms with Crippen LogP contribution in [0.2, 0.25) is 5.02 Å². The summed E-state index contributed by atoms with van der Waals surface area (Å²) >= 11 is 6.16. The second kappa shape index (κ2) is 10.0. The molecule has 4 nitrogen and oxygen atoms in total. The monoisotopic (exact) mass is 445 g/mol. The first-order valence-electron chi connectivity index (χ1n) is 11.1. The van der Waals surface area contributed by atoms with Gasteiger partial charge in [0, 0.05) is 41.7 Å². The van der Waals surface area contributed by atoms with E-state index in [1.165, 1.54) is 22.0 Å². The summed E-state index contributed by atoms with van der Waals surface area (Å²) in [7, 11) is 0. The minimum absolute atomic E-state index is 0.000326. The molecule has 0 aliphatic rings. The maximum absolute atomic E-state index is 13.0. The molecular formula is C27H28ClN3O. The number of carbonyl (C=O) groups excluding carboxylic acids is 1. The van der Waals surface area contributed by atoms with Gasteiger partial charge in [-0.3, -0.25) is 9.78 Å². The van der Waals surface area contributed by atoms with Crippen LogP contribution in [0.5, 0.6) is 0 Å². The Kier molecular flexibility index (Phi) is 6.91. The Hall–Kier alpha value is -3.11. The van der Waals surface area contributed by atoms with Crippen LogP contribution in [-0.2, 0) is 24.3 Å². The predicted octanol–water partition coefficient (Wildman–Crippen LogP) is 6.11. The van der Waals surface area contributed by atoms with Gasteiger partial charge in [0.05, 0.1) is 17.8 Å². The number of aryl methyl sites for hydroxylation is 2. The first kappa shape index (κ1) is 22.1. The van der Waals surface area contributed by atoms with E-state index in [2.05, 4.69) is 53.1 Å². The molecule has 4 aromatic rings. The Morgan fingerprint density at radius 1 is 1.06 bits per heavy atom. The van der Waals surface area contributed by atoms with E-state index in [-0.39, 0.29) is 11.8 Å². The van der Waals surface area contributed by atoms with E-state index in [1.807, 2.05) is 42.5 Å². The molecule has 1 unspecified atom stereocenters. The van der Waals surface area contributed by atoms with Gasteiger partial charge in [0.1, 0.15) is 0 Å². The van der Waals surface area contributed by atoms with Gasteiger partial charge >= 0.3 is 0 Å². The maximum Gasteiger partial charge on any atom is 0.221 e. The topological polar surface area (TPSA) is 46.9 Å². The fourth-order valence-electron chi connectivity index (χ4n) is 4.33. The van der Waals surface area contributed by atoms with E-state index in [0.717, 1.165) is 24.2 Å². The number of pyridine rings is 1. The van der Waals surface area contributed by atoms with Crippen LogP contribution in [0.15, 0.2) is 73.1 Å². The minimum Gasteiger partial charge on any atom is -0.350 e. The zero-order chi connectivity index (χ0) is 22.5. The molecule has 2 aromatic heterocycles. The number of aromatic nitrogens is 2. The number of amides is 1. The van der Waals surface area contributed by atoms with Crippen molar-refractivity contribution in [3.63, 3.8) is 0 Å². The molecule has 2 heterocycles. The molecule has 1 N–H and O–H groups in total. The number of carbonyl (C=O) groups is 1. The number of benzene rings is 2. The number of nitrogens with zero attached hydrogens (tertiary/aromatic N) is 2. The predicted molar refractivity (Wildman–Crippen MR) is 131 cm³/mol. The number of nitrogens with one attached hydrogen (secondary N) is 1. The Balaban J connectivity index is 1.70. The summed E-state index contributed by atoms with van der Waals surface area (Å²) in [4.78, 5) is 17.3. The summed E-state index contributed by atoms with van der Waals surface area (Å²) < 4.78 is 2.30. The van der Waals surface area contributed by atoms with Crippen molar-refractivity contribution in [1.29, 1.82) is 0 Å². The lowest BCUT2D eigenvalue weighted by Gasteiger charge is -2.17. The van der Waals surface area contributed by atoms with E-state index < -0.39 is 0 Å². The summed E-state index contributed by atoms with van der Waals surface area (Å²) in [6.45, 7) is 5.64. The molecule has 2 aromatic carbocycles. The quantitative estimate of drug-likeness (QED) is 0.355. The van der Waals surface area contributed by atoms with E-state index in [4.69, 9.17) is 11.6 Å². The summed E-state index contributed by atoms with van der Waals surface area (Å²) in [6.07, 6.45) is 5.28. The third kappa shape index (κ3) is 4.71. The molecule has 1 amide bonds. The average Bonchev–Trinajstić information content (AvgIpc) is 3.21.